The minimum absolute atomic E-state index is 0.0655. The van der Waals surface area contributed by atoms with Crippen molar-refractivity contribution in [1.82, 2.24) is 15.2 Å². The normalized spacial score (nSPS) is 22.3. The van der Waals surface area contributed by atoms with Crippen molar-refractivity contribution < 1.29 is 14.4 Å². The number of rotatable bonds is 7. The summed E-state index contributed by atoms with van der Waals surface area (Å²) >= 11 is 0. The van der Waals surface area contributed by atoms with Crippen LogP contribution in [0, 0.1) is 17.7 Å². The zero-order valence-electron chi connectivity index (χ0n) is 19.2. The summed E-state index contributed by atoms with van der Waals surface area (Å²) in [6.07, 6.45) is 7.11. The van der Waals surface area contributed by atoms with Crippen molar-refractivity contribution in [1.29, 1.82) is 5.41 Å². The van der Waals surface area contributed by atoms with Gasteiger partial charge in [0.1, 0.15) is 11.8 Å². The predicted molar refractivity (Wildman–Crippen MR) is 122 cm³/mol. The van der Waals surface area contributed by atoms with Crippen LogP contribution in [-0.4, -0.2) is 58.5 Å². The summed E-state index contributed by atoms with van der Waals surface area (Å²) in [6.45, 7) is 6.67. The summed E-state index contributed by atoms with van der Waals surface area (Å²) in [5.74, 6) is -1.14. The molecule has 3 amide bonds. The topological polar surface area (TPSA) is 141 Å². The molecule has 2 aliphatic rings. The van der Waals surface area contributed by atoms with Crippen LogP contribution in [-0.2, 0) is 14.4 Å². The van der Waals surface area contributed by atoms with Gasteiger partial charge < -0.3 is 21.3 Å². The number of nitrogens with zero attached hydrogens (tertiary/aromatic N) is 2. The summed E-state index contributed by atoms with van der Waals surface area (Å²) in [7, 11) is 0. The maximum atomic E-state index is 13.0. The lowest BCUT2D eigenvalue weighted by Crippen LogP contribution is -2.51. The number of hydrogen-bond acceptors (Lipinski definition) is 6. The Bertz CT molecular complexity index is 913. The fourth-order valence-corrected chi connectivity index (χ4v) is 4.77. The maximum absolute atomic E-state index is 13.0. The Labute approximate surface area is 189 Å². The number of carbonyl (C=O) groups is 3. The summed E-state index contributed by atoms with van der Waals surface area (Å²) in [5, 5.41) is 14.1. The second-order valence-corrected chi connectivity index (χ2v) is 9.68. The maximum Gasteiger partial charge on any atom is 0.267 e. The van der Waals surface area contributed by atoms with Crippen molar-refractivity contribution in [3.63, 3.8) is 0 Å². The number of amides is 3. The lowest BCUT2D eigenvalue weighted by molar-refractivity contribution is -0.137. The van der Waals surface area contributed by atoms with E-state index >= 15 is 0 Å². The van der Waals surface area contributed by atoms with E-state index < -0.39 is 11.9 Å². The smallest absolute Gasteiger partial charge is 0.267 e. The van der Waals surface area contributed by atoms with Crippen molar-refractivity contribution in [2.24, 2.45) is 11.1 Å². The van der Waals surface area contributed by atoms with E-state index in [2.05, 4.69) is 29.5 Å². The average Bonchev–Trinajstić information content (AvgIpc) is 3.21. The molecule has 1 aliphatic carbocycles. The predicted octanol–water partition coefficient (Wildman–Crippen LogP) is 1.73. The van der Waals surface area contributed by atoms with Gasteiger partial charge in [0.05, 0.1) is 18.4 Å². The van der Waals surface area contributed by atoms with Gasteiger partial charge in [-0.25, -0.2) is 0 Å². The van der Waals surface area contributed by atoms with E-state index in [0.717, 1.165) is 25.7 Å². The molecule has 0 spiro atoms. The molecule has 0 aromatic carbocycles. The average molecular weight is 443 g/mol. The summed E-state index contributed by atoms with van der Waals surface area (Å²) < 4.78 is 0. The molecule has 1 aliphatic heterocycles. The van der Waals surface area contributed by atoms with Crippen LogP contribution in [0.25, 0.3) is 0 Å². The zero-order chi connectivity index (χ0) is 23.5. The van der Waals surface area contributed by atoms with Gasteiger partial charge >= 0.3 is 0 Å². The summed E-state index contributed by atoms with van der Waals surface area (Å²) in [6, 6.07) is 1.27. The van der Waals surface area contributed by atoms with Crippen LogP contribution in [0.1, 0.15) is 63.6 Å². The molecule has 0 bridgehead atoms. The number of pyridine rings is 1. The van der Waals surface area contributed by atoms with Crippen LogP contribution in [0.3, 0.4) is 0 Å². The van der Waals surface area contributed by atoms with Crippen molar-refractivity contribution in [2.45, 2.75) is 71.4 Å². The monoisotopic (exact) mass is 442 g/mol. The third kappa shape index (κ3) is 5.63. The number of likely N-dealkylation sites (tertiary alicyclic amines) is 1. The van der Waals surface area contributed by atoms with Crippen molar-refractivity contribution in [2.75, 3.05) is 18.4 Å². The van der Waals surface area contributed by atoms with Gasteiger partial charge in [0.25, 0.3) is 5.91 Å². The van der Waals surface area contributed by atoms with Gasteiger partial charge in [-0.15, -0.1) is 0 Å². The van der Waals surface area contributed by atoms with Gasteiger partial charge in [0.15, 0.2) is 0 Å². The molecular weight excluding hydrogens is 408 g/mol. The zero-order valence-corrected chi connectivity index (χ0v) is 19.2. The van der Waals surface area contributed by atoms with Gasteiger partial charge in [-0.2, -0.15) is 0 Å². The van der Waals surface area contributed by atoms with Gasteiger partial charge in [-0.05, 0) is 50.5 Å². The molecule has 1 aromatic rings. The number of aryl methyl sites for hydroxylation is 1. The molecule has 3 rings (SSSR count). The molecule has 2 fully saturated rings. The third-order valence-electron chi connectivity index (χ3n) is 6.41. The molecule has 1 aromatic heterocycles. The quantitative estimate of drug-likeness (QED) is 0.476. The standard InChI is InChI=1S/C23H34N6O3/c1-14-10-16(20(24)21(25)31)17(12-26-14)27-13-19(30)29-9-5-7-18(29)22(32)28-15-6-4-8-23(2,3)11-15/h10,12,15,18,24,27H,4-9,11,13H2,1-3H3,(H2,25,31)(H,28,32). The first-order valence-electron chi connectivity index (χ1n) is 11.3. The highest BCUT2D eigenvalue weighted by atomic mass is 16.2. The lowest BCUT2D eigenvalue weighted by Gasteiger charge is -2.36. The third-order valence-corrected chi connectivity index (χ3v) is 6.41. The SMILES string of the molecule is Cc1cc(C(=N)C(N)=O)c(NCC(=O)N2CCCC2C(=O)NC2CCCC(C)(C)C2)cn1. The molecule has 1 saturated heterocycles. The highest BCUT2D eigenvalue weighted by Gasteiger charge is 2.36. The van der Waals surface area contributed by atoms with E-state index in [4.69, 9.17) is 11.1 Å². The molecule has 9 heteroatoms. The molecule has 2 unspecified atom stereocenters. The molecule has 0 radical (unpaired) electrons. The van der Waals surface area contributed by atoms with Gasteiger partial charge in [-0.3, -0.25) is 24.8 Å². The van der Waals surface area contributed by atoms with E-state index in [1.807, 2.05) is 0 Å². The molecule has 2 atom stereocenters. The Balaban J connectivity index is 1.62. The Morgan fingerprint density at radius 2 is 2.03 bits per heavy atom. The van der Waals surface area contributed by atoms with Crippen molar-refractivity contribution in [3.8, 4) is 0 Å². The van der Waals surface area contributed by atoms with Crippen LogP contribution < -0.4 is 16.4 Å². The van der Waals surface area contributed by atoms with Crippen LogP contribution in [0.5, 0.6) is 0 Å². The first kappa shape index (κ1) is 23.7. The molecular formula is C23H34N6O3. The number of hydrogen-bond donors (Lipinski definition) is 4. The van der Waals surface area contributed by atoms with Gasteiger partial charge in [0, 0.05) is 23.8 Å². The van der Waals surface area contributed by atoms with Gasteiger partial charge in [-0.1, -0.05) is 20.3 Å². The molecule has 174 valence electrons. The molecule has 1 saturated carbocycles. The van der Waals surface area contributed by atoms with E-state index in [9.17, 15) is 14.4 Å². The Hall–Kier alpha value is -2.97. The molecule has 5 N–H and O–H groups in total. The van der Waals surface area contributed by atoms with Crippen LogP contribution in [0.4, 0.5) is 5.69 Å². The highest BCUT2D eigenvalue weighted by Crippen LogP contribution is 2.35. The van der Waals surface area contributed by atoms with Crippen molar-refractivity contribution in [3.05, 3.63) is 23.5 Å². The van der Waals surface area contributed by atoms with Crippen molar-refractivity contribution >= 4 is 29.1 Å². The fraction of sp³-hybridized carbons (Fsp3) is 0.609. The second-order valence-electron chi connectivity index (χ2n) is 9.68. The minimum Gasteiger partial charge on any atom is -0.374 e. The number of nitrogens with one attached hydrogen (secondary N) is 3. The van der Waals surface area contributed by atoms with Crippen LogP contribution in [0.2, 0.25) is 0 Å². The summed E-state index contributed by atoms with van der Waals surface area (Å²) in [4.78, 5) is 43.1. The van der Waals surface area contributed by atoms with E-state index in [1.165, 1.54) is 12.6 Å². The molecule has 2 heterocycles. The van der Waals surface area contributed by atoms with Gasteiger partial charge in [0.2, 0.25) is 11.8 Å². The largest absolute Gasteiger partial charge is 0.374 e. The minimum atomic E-state index is -0.854. The number of nitrogens with two attached hydrogens (primary N) is 1. The molecule has 32 heavy (non-hydrogen) atoms. The van der Waals surface area contributed by atoms with Crippen LogP contribution in [0.15, 0.2) is 12.3 Å². The van der Waals surface area contributed by atoms with E-state index in [1.54, 1.807) is 17.9 Å². The molecule has 9 nitrogen and oxygen atoms in total. The number of carbonyl (C=O) groups excluding carboxylic acids is 3. The first-order chi connectivity index (χ1) is 15.1. The Kier molecular flexibility index (Phi) is 7.16. The number of aromatic nitrogens is 1. The summed E-state index contributed by atoms with van der Waals surface area (Å²) in [5.41, 5.74) is 6.45. The second kappa shape index (κ2) is 9.67. The first-order valence-corrected chi connectivity index (χ1v) is 11.3. The number of anilines is 1. The fourth-order valence-electron chi connectivity index (χ4n) is 4.77. The van der Waals surface area contributed by atoms with E-state index in [-0.39, 0.29) is 35.5 Å². The Morgan fingerprint density at radius 3 is 2.72 bits per heavy atom. The van der Waals surface area contributed by atoms with Crippen LogP contribution >= 0.6 is 0 Å². The highest BCUT2D eigenvalue weighted by molar-refractivity contribution is 6.44. The van der Waals surface area contributed by atoms with E-state index in [0.29, 0.717) is 29.9 Å². The lowest BCUT2D eigenvalue weighted by atomic mass is 9.75. The Morgan fingerprint density at radius 1 is 1.28 bits per heavy atom. The number of primary amides is 1.